The highest BCUT2D eigenvalue weighted by Crippen LogP contribution is 2.23. The first-order valence-corrected chi connectivity index (χ1v) is 8.27. The van der Waals surface area contributed by atoms with Gasteiger partial charge in [0, 0.05) is 5.56 Å². The third-order valence-electron chi connectivity index (χ3n) is 3.97. The summed E-state index contributed by atoms with van der Waals surface area (Å²) in [6.07, 6.45) is 0. The SMILES string of the molecule is CC(C)c1cc(COCC(=O)c2ccccc2)cc(C(C)C)c1. The van der Waals surface area contributed by atoms with Gasteiger partial charge in [-0.1, -0.05) is 76.2 Å². The molecule has 122 valence electrons. The summed E-state index contributed by atoms with van der Waals surface area (Å²) in [4.78, 5) is 12.1. The number of hydrogen-bond donors (Lipinski definition) is 0. The Morgan fingerprint density at radius 2 is 1.48 bits per heavy atom. The topological polar surface area (TPSA) is 26.3 Å². The van der Waals surface area contributed by atoms with Gasteiger partial charge < -0.3 is 4.74 Å². The summed E-state index contributed by atoms with van der Waals surface area (Å²) in [7, 11) is 0. The van der Waals surface area contributed by atoms with E-state index in [9.17, 15) is 4.79 Å². The highest BCUT2D eigenvalue weighted by molar-refractivity contribution is 5.96. The molecule has 0 aromatic heterocycles. The number of ether oxygens (including phenoxy) is 1. The van der Waals surface area contributed by atoms with Crippen molar-refractivity contribution >= 4 is 5.78 Å². The lowest BCUT2D eigenvalue weighted by atomic mass is 9.93. The van der Waals surface area contributed by atoms with Gasteiger partial charge in [0.25, 0.3) is 0 Å². The van der Waals surface area contributed by atoms with Crippen molar-refractivity contribution in [2.45, 2.75) is 46.1 Å². The van der Waals surface area contributed by atoms with Crippen molar-refractivity contribution in [2.24, 2.45) is 0 Å². The van der Waals surface area contributed by atoms with Crippen molar-refractivity contribution in [3.8, 4) is 0 Å². The predicted molar refractivity (Wildman–Crippen MR) is 95.0 cm³/mol. The van der Waals surface area contributed by atoms with Crippen molar-refractivity contribution in [1.29, 1.82) is 0 Å². The van der Waals surface area contributed by atoms with Crippen LogP contribution < -0.4 is 0 Å². The largest absolute Gasteiger partial charge is 0.369 e. The molecule has 2 rings (SSSR count). The third kappa shape index (κ3) is 5.04. The molecule has 0 spiro atoms. The third-order valence-corrected chi connectivity index (χ3v) is 3.97. The maximum absolute atomic E-state index is 12.1. The molecule has 0 saturated heterocycles. The van der Waals surface area contributed by atoms with Gasteiger partial charge in [-0.15, -0.1) is 0 Å². The minimum atomic E-state index is 0.0229. The second-order valence-corrected chi connectivity index (χ2v) is 6.60. The van der Waals surface area contributed by atoms with Gasteiger partial charge in [-0.3, -0.25) is 4.79 Å². The van der Waals surface area contributed by atoms with Gasteiger partial charge in [-0.25, -0.2) is 0 Å². The van der Waals surface area contributed by atoms with Crippen molar-refractivity contribution in [1.82, 2.24) is 0 Å². The molecular formula is C21H26O2. The highest BCUT2D eigenvalue weighted by atomic mass is 16.5. The monoisotopic (exact) mass is 310 g/mol. The molecule has 0 heterocycles. The van der Waals surface area contributed by atoms with E-state index in [4.69, 9.17) is 4.74 Å². The van der Waals surface area contributed by atoms with E-state index in [0.717, 1.165) is 5.56 Å². The molecule has 2 aromatic rings. The minimum Gasteiger partial charge on any atom is -0.369 e. The molecule has 0 N–H and O–H groups in total. The Morgan fingerprint density at radius 3 is 2.00 bits per heavy atom. The minimum absolute atomic E-state index is 0.0229. The van der Waals surface area contributed by atoms with Crippen molar-refractivity contribution < 1.29 is 9.53 Å². The van der Waals surface area contributed by atoms with Crippen LogP contribution in [0.2, 0.25) is 0 Å². The number of benzene rings is 2. The van der Waals surface area contributed by atoms with Crippen LogP contribution in [0.4, 0.5) is 0 Å². The van der Waals surface area contributed by atoms with Crippen LogP contribution in [0.15, 0.2) is 48.5 Å². The number of rotatable bonds is 7. The summed E-state index contributed by atoms with van der Waals surface area (Å²) in [6, 6.07) is 15.9. The zero-order valence-corrected chi connectivity index (χ0v) is 14.5. The quantitative estimate of drug-likeness (QED) is 0.646. The molecule has 0 radical (unpaired) electrons. The zero-order chi connectivity index (χ0) is 16.8. The number of Topliss-reactive ketones (excluding diaryl/α,β-unsaturated/α-hetero) is 1. The molecule has 0 amide bonds. The van der Waals surface area contributed by atoms with Crippen LogP contribution in [-0.2, 0) is 11.3 Å². The van der Waals surface area contributed by atoms with Crippen LogP contribution >= 0.6 is 0 Å². The van der Waals surface area contributed by atoms with Gasteiger partial charge in [-0.05, 0) is 28.5 Å². The smallest absolute Gasteiger partial charge is 0.188 e. The van der Waals surface area contributed by atoms with E-state index < -0.39 is 0 Å². The fourth-order valence-electron chi connectivity index (χ4n) is 2.46. The summed E-state index contributed by atoms with van der Waals surface area (Å²) in [6.45, 7) is 9.38. The fourth-order valence-corrected chi connectivity index (χ4v) is 2.46. The molecule has 0 atom stereocenters. The molecule has 23 heavy (non-hydrogen) atoms. The van der Waals surface area contributed by atoms with E-state index in [2.05, 4.69) is 45.9 Å². The molecule has 2 heteroatoms. The Balaban J connectivity index is 2.01. The van der Waals surface area contributed by atoms with E-state index in [1.165, 1.54) is 11.1 Å². The van der Waals surface area contributed by atoms with Gasteiger partial charge in [-0.2, -0.15) is 0 Å². The maximum atomic E-state index is 12.1. The number of carbonyl (C=O) groups excluding carboxylic acids is 1. The van der Waals surface area contributed by atoms with Crippen LogP contribution in [0.3, 0.4) is 0 Å². The number of ketones is 1. The van der Waals surface area contributed by atoms with Gasteiger partial charge in [0.2, 0.25) is 0 Å². The molecule has 2 nitrogen and oxygen atoms in total. The van der Waals surface area contributed by atoms with E-state index in [1.54, 1.807) is 0 Å². The molecule has 0 bridgehead atoms. The fraction of sp³-hybridized carbons (Fsp3) is 0.381. The van der Waals surface area contributed by atoms with E-state index >= 15 is 0 Å². The lowest BCUT2D eigenvalue weighted by molar-refractivity contribution is 0.0726. The standard InChI is InChI=1S/C21H26O2/c1-15(2)19-10-17(11-20(12-19)16(3)4)13-23-14-21(22)18-8-6-5-7-9-18/h5-12,15-16H,13-14H2,1-4H3. The average Bonchev–Trinajstić information content (AvgIpc) is 2.55. The van der Waals surface area contributed by atoms with Gasteiger partial charge in [0.05, 0.1) is 6.61 Å². The average molecular weight is 310 g/mol. The number of carbonyl (C=O) groups is 1. The van der Waals surface area contributed by atoms with Crippen molar-refractivity contribution in [3.63, 3.8) is 0 Å². The van der Waals surface area contributed by atoms with Gasteiger partial charge in [0.1, 0.15) is 6.61 Å². The lowest BCUT2D eigenvalue weighted by Crippen LogP contribution is -2.09. The second-order valence-electron chi connectivity index (χ2n) is 6.60. The molecule has 2 aromatic carbocycles. The van der Waals surface area contributed by atoms with Gasteiger partial charge >= 0.3 is 0 Å². The molecule has 0 saturated carbocycles. The maximum Gasteiger partial charge on any atom is 0.188 e. The molecule has 0 aliphatic carbocycles. The molecule has 0 aliphatic heterocycles. The summed E-state index contributed by atoms with van der Waals surface area (Å²) in [5, 5.41) is 0. The highest BCUT2D eigenvalue weighted by Gasteiger charge is 2.09. The van der Waals surface area contributed by atoms with Crippen molar-refractivity contribution in [3.05, 3.63) is 70.8 Å². The Bertz CT molecular complexity index is 616. The molecule has 0 fully saturated rings. The molecule has 0 aliphatic rings. The van der Waals surface area contributed by atoms with E-state index in [-0.39, 0.29) is 12.4 Å². The van der Waals surface area contributed by atoms with Gasteiger partial charge in [0.15, 0.2) is 5.78 Å². The Kier molecular flexibility index (Phi) is 6.12. The van der Waals surface area contributed by atoms with Crippen LogP contribution in [0.1, 0.15) is 66.6 Å². The summed E-state index contributed by atoms with van der Waals surface area (Å²) < 4.78 is 5.66. The summed E-state index contributed by atoms with van der Waals surface area (Å²) in [5.74, 6) is 0.992. The van der Waals surface area contributed by atoms with Crippen molar-refractivity contribution in [2.75, 3.05) is 6.61 Å². The Labute approximate surface area is 139 Å². The molecular weight excluding hydrogens is 284 g/mol. The zero-order valence-electron chi connectivity index (χ0n) is 14.5. The number of hydrogen-bond acceptors (Lipinski definition) is 2. The molecule has 0 unspecified atom stereocenters. The lowest BCUT2D eigenvalue weighted by Gasteiger charge is -2.14. The van der Waals surface area contributed by atoms with E-state index in [0.29, 0.717) is 24.0 Å². The Hall–Kier alpha value is -1.93. The van der Waals surface area contributed by atoms with Crippen LogP contribution in [-0.4, -0.2) is 12.4 Å². The first kappa shape index (κ1) is 17.4. The summed E-state index contributed by atoms with van der Waals surface area (Å²) >= 11 is 0. The Morgan fingerprint density at radius 1 is 0.913 bits per heavy atom. The first-order valence-electron chi connectivity index (χ1n) is 8.27. The van der Waals surface area contributed by atoms with Crippen LogP contribution in [0, 0.1) is 0 Å². The summed E-state index contributed by atoms with van der Waals surface area (Å²) in [5.41, 5.74) is 4.49. The van der Waals surface area contributed by atoms with Crippen LogP contribution in [0.25, 0.3) is 0 Å². The first-order chi connectivity index (χ1) is 11.0. The predicted octanol–water partition coefficient (Wildman–Crippen LogP) is 5.33. The normalized spacial score (nSPS) is 11.2. The van der Waals surface area contributed by atoms with E-state index in [1.807, 2.05) is 30.3 Å². The second kappa shape index (κ2) is 8.07. The van der Waals surface area contributed by atoms with Crippen LogP contribution in [0.5, 0.6) is 0 Å².